The van der Waals surface area contributed by atoms with Crippen LogP contribution in [0.3, 0.4) is 0 Å². The molecule has 0 aliphatic rings. The summed E-state index contributed by atoms with van der Waals surface area (Å²) in [5.74, 6) is 5.84. The van der Waals surface area contributed by atoms with Crippen LogP contribution in [0, 0.1) is 0 Å². The fourth-order valence-electron chi connectivity index (χ4n) is 0.605. The van der Waals surface area contributed by atoms with Crippen molar-refractivity contribution in [3.63, 3.8) is 0 Å². The van der Waals surface area contributed by atoms with Gasteiger partial charge in [-0.25, -0.2) is 0 Å². The van der Waals surface area contributed by atoms with E-state index in [1.54, 1.807) is 0 Å². The standard InChI is InChI=1S/C6H15N3OS/c7-6(9-8)11-5-3-1-2-4-10/h10H,1-5,8H2,(H2,7,9). The van der Waals surface area contributed by atoms with Crippen molar-refractivity contribution in [2.45, 2.75) is 19.3 Å². The van der Waals surface area contributed by atoms with Crippen molar-refractivity contribution in [1.29, 1.82) is 0 Å². The second-order valence-corrected chi connectivity index (χ2v) is 3.22. The van der Waals surface area contributed by atoms with E-state index in [0.717, 1.165) is 25.0 Å². The smallest absolute Gasteiger partial charge is 0.177 e. The van der Waals surface area contributed by atoms with E-state index in [1.807, 2.05) is 0 Å². The molecule has 5 heteroatoms. The number of thioether (sulfide) groups is 1. The summed E-state index contributed by atoms with van der Waals surface area (Å²) in [5.41, 5.74) is 5.33. The monoisotopic (exact) mass is 177 g/mol. The normalized spacial score (nSPS) is 11.9. The number of rotatable bonds is 5. The van der Waals surface area contributed by atoms with Crippen molar-refractivity contribution in [2.75, 3.05) is 12.4 Å². The van der Waals surface area contributed by atoms with Crippen LogP contribution in [0.2, 0.25) is 0 Å². The topological polar surface area (TPSA) is 84.6 Å². The SMILES string of the molecule is NN=C(N)SCCCCCO. The molecule has 0 amide bonds. The van der Waals surface area contributed by atoms with Gasteiger partial charge in [0.25, 0.3) is 0 Å². The molecule has 0 bridgehead atoms. The third-order valence-corrected chi connectivity index (χ3v) is 2.07. The molecule has 0 rings (SSSR count). The minimum Gasteiger partial charge on any atom is -0.396 e. The van der Waals surface area contributed by atoms with E-state index < -0.39 is 0 Å². The average molecular weight is 177 g/mol. The molecule has 66 valence electrons. The van der Waals surface area contributed by atoms with E-state index in [2.05, 4.69) is 5.10 Å². The summed E-state index contributed by atoms with van der Waals surface area (Å²) in [7, 11) is 0. The van der Waals surface area contributed by atoms with Gasteiger partial charge < -0.3 is 16.7 Å². The van der Waals surface area contributed by atoms with E-state index in [-0.39, 0.29) is 6.61 Å². The van der Waals surface area contributed by atoms with Gasteiger partial charge in [-0.2, -0.15) is 5.10 Å². The molecular weight excluding hydrogens is 162 g/mol. The molecule has 0 aromatic rings. The number of aliphatic hydroxyl groups is 1. The summed E-state index contributed by atoms with van der Waals surface area (Å²) in [6.07, 6.45) is 2.93. The Bertz CT molecular complexity index is 118. The number of unbranched alkanes of at least 4 members (excludes halogenated alkanes) is 2. The molecule has 0 aromatic heterocycles. The van der Waals surface area contributed by atoms with Crippen LogP contribution < -0.4 is 11.6 Å². The summed E-state index contributed by atoms with van der Waals surface area (Å²) in [6, 6.07) is 0. The predicted octanol–water partition coefficient (Wildman–Crippen LogP) is 0.0706. The number of hydrazone groups is 1. The van der Waals surface area contributed by atoms with Gasteiger partial charge in [0.05, 0.1) is 0 Å². The third kappa shape index (κ3) is 7.48. The molecule has 11 heavy (non-hydrogen) atoms. The van der Waals surface area contributed by atoms with Crippen molar-refractivity contribution in [3.05, 3.63) is 0 Å². The summed E-state index contributed by atoms with van der Waals surface area (Å²) < 4.78 is 0. The summed E-state index contributed by atoms with van der Waals surface area (Å²) >= 11 is 1.45. The number of amidine groups is 1. The maximum atomic E-state index is 8.45. The molecule has 0 aromatic carbocycles. The second kappa shape index (κ2) is 7.68. The van der Waals surface area contributed by atoms with Crippen LogP contribution >= 0.6 is 11.8 Å². The Morgan fingerprint density at radius 3 is 2.64 bits per heavy atom. The van der Waals surface area contributed by atoms with Gasteiger partial charge in [0.1, 0.15) is 0 Å². The highest BCUT2D eigenvalue weighted by atomic mass is 32.2. The van der Waals surface area contributed by atoms with Gasteiger partial charge in [-0.1, -0.05) is 18.2 Å². The van der Waals surface area contributed by atoms with Crippen LogP contribution in [0.4, 0.5) is 0 Å². The largest absolute Gasteiger partial charge is 0.396 e. The molecule has 0 aliphatic carbocycles. The van der Waals surface area contributed by atoms with E-state index in [1.165, 1.54) is 11.8 Å². The van der Waals surface area contributed by atoms with Crippen molar-refractivity contribution in [1.82, 2.24) is 0 Å². The molecule has 0 saturated carbocycles. The second-order valence-electron chi connectivity index (χ2n) is 2.10. The molecule has 4 nitrogen and oxygen atoms in total. The lowest BCUT2D eigenvalue weighted by atomic mass is 10.3. The van der Waals surface area contributed by atoms with E-state index in [0.29, 0.717) is 5.17 Å². The highest BCUT2D eigenvalue weighted by Gasteiger charge is 1.92. The van der Waals surface area contributed by atoms with Gasteiger partial charge in [-0.05, 0) is 12.8 Å². The van der Waals surface area contributed by atoms with Gasteiger partial charge in [0.15, 0.2) is 5.17 Å². The van der Waals surface area contributed by atoms with Crippen LogP contribution in [0.1, 0.15) is 19.3 Å². The molecular formula is C6H15N3OS. The molecule has 0 unspecified atom stereocenters. The number of aliphatic hydroxyl groups excluding tert-OH is 1. The summed E-state index contributed by atoms with van der Waals surface area (Å²) in [6.45, 7) is 0.269. The first-order chi connectivity index (χ1) is 5.31. The fourth-order valence-corrected chi connectivity index (χ4v) is 1.24. The van der Waals surface area contributed by atoms with Crippen LogP contribution in [0.15, 0.2) is 5.10 Å². The van der Waals surface area contributed by atoms with Crippen molar-refractivity contribution in [2.24, 2.45) is 16.7 Å². The average Bonchev–Trinajstić information content (AvgIpc) is 2.04. The number of nitrogens with zero attached hydrogens (tertiary/aromatic N) is 1. The zero-order chi connectivity index (χ0) is 8.53. The zero-order valence-electron chi connectivity index (χ0n) is 6.49. The quantitative estimate of drug-likeness (QED) is 0.182. The van der Waals surface area contributed by atoms with Gasteiger partial charge in [-0.15, -0.1) is 0 Å². The van der Waals surface area contributed by atoms with Gasteiger partial charge >= 0.3 is 0 Å². The molecule has 0 saturated heterocycles. The molecule has 0 radical (unpaired) electrons. The van der Waals surface area contributed by atoms with Crippen LogP contribution in [-0.4, -0.2) is 22.6 Å². The predicted molar refractivity (Wildman–Crippen MR) is 49.2 cm³/mol. The third-order valence-electron chi connectivity index (χ3n) is 1.18. The van der Waals surface area contributed by atoms with Crippen molar-refractivity contribution >= 4 is 16.9 Å². The number of hydrogen-bond acceptors (Lipinski definition) is 4. The fraction of sp³-hybridized carbons (Fsp3) is 0.833. The molecule has 0 spiro atoms. The lowest BCUT2D eigenvalue weighted by Crippen LogP contribution is -2.09. The number of nitrogens with two attached hydrogens (primary N) is 2. The minimum atomic E-state index is 0.269. The Hall–Kier alpha value is -0.420. The first-order valence-corrected chi connectivity index (χ1v) is 4.57. The molecule has 0 fully saturated rings. The first-order valence-electron chi connectivity index (χ1n) is 3.58. The van der Waals surface area contributed by atoms with Crippen LogP contribution in [0.5, 0.6) is 0 Å². The number of hydrogen-bond donors (Lipinski definition) is 3. The summed E-state index contributed by atoms with van der Waals surface area (Å²) in [4.78, 5) is 0. The Kier molecular flexibility index (Phi) is 7.39. The first kappa shape index (κ1) is 10.6. The molecule has 0 heterocycles. The zero-order valence-corrected chi connectivity index (χ0v) is 7.31. The van der Waals surface area contributed by atoms with Gasteiger partial charge in [0, 0.05) is 12.4 Å². The highest BCUT2D eigenvalue weighted by Crippen LogP contribution is 2.04. The minimum absolute atomic E-state index is 0.269. The maximum Gasteiger partial charge on any atom is 0.177 e. The molecule has 0 aliphatic heterocycles. The van der Waals surface area contributed by atoms with Crippen molar-refractivity contribution in [3.8, 4) is 0 Å². The van der Waals surface area contributed by atoms with E-state index in [9.17, 15) is 0 Å². The Balaban J connectivity index is 3.02. The molecule has 0 atom stereocenters. The Morgan fingerprint density at radius 2 is 2.09 bits per heavy atom. The van der Waals surface area contributed by atoms with Gasteiger partial charge in [-0.3, -0.25) is 0 Å². The van der Waals surface area contributed by atoms with Gasteiger partial charge in [0.2, 0.25) is 0 Å². The van der Waals surface area contributed by atoms with E-state index >= 15 is 0 Å². The lowest BCUT2D eigenvalue weighted by molar-refractivity contribution is 0.284. The lowest BCUT2D eigenvalue weighted by Gasteiger charge is -1.98. The summed E-state index contributed by atoms with van der Waals surface area (Å²) in [5, 5.41) is 12.2. The molecule has 5 N–H and O–H groups in total. The van der Waals surface area contributed by atoms with Crippen LogP contribution in [0.25, 0.3) is 0 Å². The maximum absolute atomic E-state index is 8.45. The van der Waals surface area contributed by atoms with E-state index in [4.69, 9.17) is 16.7 Å². The highest BCUT2D eigenvalue weighted by molar-refractivity contribution is 8.13. The Labute approximate surface area is 71.0 Å². The van der Waals surface area contributed by atoms with Crippen LogP contribution in [-0.2, 0) is 0 Å². The van der Waals surface area contributed by atoms with Crippen molar-refractivity contribution < 1.29 is 5.11 Å². The Morgan fingerprint density at radius 1 is 1.36 bits per heavy atom.